The average molecular weight is 238 g/mol. The van der Waals surface area contributed by atoms with Crippen LogP contribution in [0.25, 0.3) is 0 Å². The Kier molecular flexibility index (Phi) is 6.83. The maximum Gasteiger partial charge on any atom is 0.0980 e. The molecule has 2 nitrogen and oxygen atoms in total. The van der Waals surface area contributed by atoms with Gasteiger partial charge in [-0.3, -0.25) is 0 Å². The van der Waals surface area contributed by atoms with Gasteiger partial charge in [0.15, 0.2) is 0 Å². The zero-order chi connectivity index (χ0) is 12.6. The highest BCUT2D eigenvalue weighted by molar-refractivity contribution is 5.05. The first-order valence-corrected chi connectivity index (χ1v) is 7.37. The summed E-state index contributed by atoms with van der Waals surface area (Å²) < 4.78 is 0. The Balaban J connectivity index is 1.89. The summed E-state index contributed by atoms with van der Waals surface area (Å²) >= 11 is 0. The summed E-state index contributed by atoms with van der Waals surface area (Å²) in [6.07, 6.45) is 13.5. The van der Waals surface area contributed by atoms with Crippen LogP contribution in [-0.2, 0) is 0 Å². The normalized spacial score (nSPS) is 17.1. The number of nitrogens with one attached hydrogen (secondary N) is 2. The van der Waals surface area contributed by atoms with Crippen LogP contribution in [0.3, 0.4) is 0 Å². The van der Waals surface area contributed by atoms with Crippen LogP contribution < -0.4 is 10.9 Å². The second-order valence-corrected chi connectivity index (χ2v) is 5.69. The minimum atomic E-state index is 0.216. The molecule has 0 saturated carbocycles. The van der Waals surface area contributed by atoms with Gasteiger partial charge in [-0.05, 0) is 13.3 Å². The topological polar surface area (TPSA) is 43.9 Å². The summed E-state index contributed by atoms with van der Waals surface area (Å²) in [4.78, 5) is 0. The van der Waals surface area contributed by atoms with Crippen LogP contribution in [0.2, 0.25) is 0 Å². The lowest BCUT2D eigenvalue weighted by molar-refractivity contribution is 0.490. The Morgan fingerprint density at radius 3 is 1.94 bits per heavy atom. The van der Waals surface area contributed by atoms with Gasteiger partial charge in [0.25, 0.3) is 0 Å². The smallest absolute Gasteiger partial charge is 0.0980 e. The summed E-state index contributed by atoms with van der Waals surface area (Å²) in [7, 11) is 0. The Labute approximate surface area is 107 Å². The molecule has 1 heterocycles. The quantitative estimate of drug-likeness (QED) is 0.320. The van der Waals surface area contributed by atoms with Crippen molar-refractivity contribution in [2.24, 2.45) is 0 Å². The zero-order valence-corrected chi connectivity index (χ0v) is 11.8. The van der Waals surface area contributed by atoms with Crippen LogP contribution in [0, 0.1) is 0 Å². The molecule has 0 aliphatic carbocycles. The van der Waals surface area contributed by atoms with Gasteiger partial charge in [0.05, 0.1) is 5.66 Å². The molecule has 1 fully saturated rings. The van der Waals surface area contributed by atoms with Crippen molar-refractivity contribution in [1.82, 2.24) is 10.9 Å². The Morgan fingerprint density at radius 2 is 1.47 bits per heavy atom. The molecule has 0 aromatic heterocycles. The molecule has 17 heavy (non-hydrogen) atoms. The van der Waals surface area contributed by atoms with Crippen molar-refractivity contribution in [2.45, 2.75) is 83.7 Å². The summed E-state index contributed by atoms with van der Waals surface area (Å²) in [6, 6.07) is 0. The average Bonchev–Trinajstić information content (AvgIpc) is 3.01. The molecular weight excluding hydrogens is 208 g/mol. The standard InChI is InChI=1S/C15H30N2/c1-4-5-6-7-8-9-10-11-12-15(16-17-15)13-14(2)3/h16-17H,2,4-13H2,1,3H3. The minimum Gasteiger partial charge on any atom is -0.235 e. The van der Waals surface area contributed by atoms with Crippen LogP contribution in [0.15, 0.2) is 12.2 Å². The lowest BCUT2D eigenvalue weighted by atomic mass is 9.98. The fourth-order valence-corrected chi connectivity index (χ4v) is 2.47. The van der Waals surface area contributed by atoms with Crippen molar-refractivity contribution in [2.75, 3.05) is 0 Å². The molecule has 100 valence electrons. The van der Waals surface area contributed by atoms with E-state index in [1.807, 2.05) is 0 Å². The van der Waals surface area contributed by atoms with Crippen molar-refractivity contribution in [3.8, 4) is 0 Å². The van der Waals surface area contributed by atoms with Crippen LogP contribution in [0.5, 0.6) is 0 Å². The molecule has 0 aromatic carbocycles. The number of hydrogen-bond acceptors (Lipinski definition) is 2. The van der Waals surface area contributed by atoms with E-state index < -0.39 is 0 Å². The SMILES string of the molecule is C=C(C)CC1(CCCCCCCCCC)NN1. The Morgan fingerprint density at radius 1 is 0.941 bits per heavy atom. The Hall–Kier alpha value is -0.340. The van der Waals surface area contributed by atoms with Gasteiger partial charge in [0.2, 0.25) is 0 Å². The molecule has 0 radical (unpaired) electrons. The lowest BCUT2D eigenvalue weighted by Crippen LogP contribution is -2.17. The van der Waals surface area contributed by atoms with Gasteiger partial charge in [-0.2, -0.15) is 0 Å². The minimum absolute atomic E-state index is 0.216. The van der Waals surface area contributed by atoms with Gasteiger partial charge < -0.3 is 0 Å². The molecule has 0 amide bonds. The van der Waals surface area contributed by atoms with E-state index in [9.17, 15) is 0 Å². The predicted octanol–water partition coefficient (Wildman–Crippen LogP) is 4.29. The van der Waals surface area contributed by atoms with Gasteiger partial charge in [-0.25, -0.2) is 10.9 Å². The first kappa shape index (κ1) is 14.7. The summed E-state index contributed by atoms with van der Waals surface area (Å²) in [5.74, 6) is 0. The molecule has 0 aromatic rings. The molecule has 1 aliphatic heterocycles. The Bertz CT molecular complexity index is 219. The second kappa shape index (κ2) is 7.88. The molecule has 0 atom stereocenters. The van der Waals surface area contributed by atoms with E-state index in [0.717, 1.165) is 6.42 Å². The monoisotopic (exact) mass is 238 g/mol. The van der Waals surface area contributed by atoms with E-state index in [1.54, 1.807) is 0 Å². The zero-order valence-electron chi connectivity index (χ0n) is 11.8. The van der Waals surface area contributed by atoms with Gasteiger partial charge in [0, 0.05) is 6.42 Å². The predicted molar refractivity (Wildman–Crippen MR) is 75.7 cm³/mol. The van der Waals surface area contributed by atoms with E-state index in [4.69, 9.17) is 0 Å². The third kappa shape index (κ3) is 6.85. The van der Waals surface area contributed by atoms with Crippen LogP contribution in [0.1, 0.15) is 78.1 Å². The molecule has 2 N–H and O–H groups in total. The largest absolute Gasteiger partial charge is 0.235 e. The van der Waals surface area contributed by atoms with Crippen molar-refractivity contribution < 1.29 is 0 Å². The molecule has 1 saturated heterocycles. The maximum absolute atomic E-state index is 3.99. The van der Waals surface area contributed by atoms with Crippen molar-refractivity contribution in [1.29, 1.82) is 0 Å². The van der Waals surface area contributed by atoms with Gasteiger partial charge in [-0.1, -0.05) is 63.9 Å². The van der Waals surface area contributed by atoms with E-state index in [-0.39, 0.29) is 5.66 Å². The summed E-state index contributed by atoms with van der Waals surface area (Å²) in [5, 5.41) is 0. The molecule has 0 bridgehead atoms. The van der Waals surface area contributed by atoms with E-state index in [2.05, 4.69) is 31.3 Å². The highest BCUT2D eigenvalue weighted by Crippen LogP contribution is 2.26. The molecule has 0 spiro atoms. The van der Waals surface area contributed by atoms with Crippen LogP contribution in [-0.4, -0.2) is 5.66 Å². The summed E-state index contributed by atoms with van der Waals surface area (Å²) in [6.45, 7) is 8.37. The number of unbranched alkanes of at least 4 members (excludes halogenated alkanes) is 7. The molecule has 0 unspecified atom stereocenters. The fourth-order valence-electron chi connectivity index (χ4n) is 2.47. The van der Waals surface area contributed by atoms with E-state index >= 15 is 0 Å². The van der Waals surface area contributed by atoms with Crippen LogP contribution >= 0.6 is 0 Å². The number of hydrogen-bond donors (Lipinski definition) is 2. The van der Waals surface area contributed by atoms with Gasteiger partial charge in [-0.15, -0.1) is 6.58 Å². The highest BCUT2D eigenvalue weighted by atomic mass is 15.7. The van der Waals surface area contributed by atoms with Crippen molar-refractivity contribution in [3.63, 3.8) is 0 Å². The third-order valence-electron chi connectivity index (χ3n) is 3.54. The summed E-state index contributed by atoms with van der Waals surface area (Å²) in [5.41, 5.74) is 8.06. The highest BCUT2D eigenvalue weighted by Gasteiger charge is 2.40. The third-order valence-corrected chi connectivity index (χ3v) is 3.54. The fraction of sp³-hybridized carbons (Fsp3) is 0.867. The molecule has 2 heteroatoms. The van der Waals surface area contributed by atoms with Gasteiger partial charge >= 0.3 is 0 Å². The number of rotatable bonds is 11. The van der Waals surface area contributed by atoms with E-state index in [1.165, 1.54) is 63.4 Å². The second-order valence-electron chi connectivity index (χ2n) is 5.69. The van der Waals surface area contributed by atoms with E-state index in [0.29, 0.717) is 0 Å². The van der Waals surface area contributed by atoms with Gasteiger partial charge in [0.1, 0.15) is 0 Å². The first-order valence-electron chi connectivity index (χ1n) is 7.37. The first-order chi connectivity index (χ1) is 8.18. The molecular formula is C15H30N2. The number of hydrazine groups is 1. The lowest BCUT2D eigenvalue weighted by Gasteiger charge is -2.11. The van der Waals surface area contributed by atoms with Crippen LogP contribution in [0.4, 0.5) is 0 Å². The molecule has 1 aliphatic rings. The maximum atomic E-state index is 3.99. The molecule has 1 rings (SSSR count). The van der Waals surface area contributed by atoms with Crippen molar-refractivity contribution in [3.05, 3.63) is 12.2 Å². The van der Waals surface area contributed by atoms with Crippen molar-refractivity contribution >= 4 is 0 Å².